The predicted octanol–water partition coefficient (Wildman–Crippen LogP) is 1.80. The molecule has 0 spiro atoms. The van der Waals surface area contributed by atoms with Gasteiger partial charge in [0.15, 0.2) is 0 Å². The maximum atomic E-state index is 13.2. The molecule has 0 bridgehead atoms. The molecule has 0 aromatic heterocycles. The van der Waals surface area contributed by atoms with E-state index < -0.39 is 10.0 Å². The van der Waals surface area contributed by atoms with Crippen LogP contribution in [0, 0.1) is 11.8 Å². The van der Waals surface area contributed by atoms with Crippen LogP contribution in [0.4, 0.5) is 5.69 Å². The zero-order chi connectivity index (χ0) is 23.6. The van der Waals surface area contributed by atoms with Gasteiger partial charge in [0, 0.05) is 44.8 Å². The molecule has 0 radical (unpaired) electrons. The average Bonchev–Trinajstić information content (AvgIpc) is 3.56. The lowest BCUT2D eigenvalue weighted by Crippen LogP contribution is -2.49. The largest absolute Gasteiger partial charge is 0.491 e. The van der Waals surface area contributed by atoms with Crippen LogP contribution in [-0.4, -0.2) is 82.3 Å². The van der Waals surface area contributed by atoms with Crippen LogP contribution < -0.4 is 9.46 Å². The molecule has 1 aromatic rings. The van der Waals surface area contributed by atoms with Crippen LogP contribution in [0.25, 0.3) is 0 Å². The number of fused-ring (bicyclic) bond motifs is 1. The number of sulfonamides is 1. The van der Waals surface area contributed by atoms with Crippen molar-refractivity contribution in [1.82, 2.24) is 9.80 Å². The molecular weight excluding hydrogens is 434 g/mol. The van der Waals surface area contributed by atoms with Crippen molar-refractivity contribution >= 4 is 27.5 Å². The summed E-state index contributed by atoms with van der Waals surface area (Å²) < 4.78 is 37.4. The Morgan fingerprint density at radius 3 is 2.50 bits per heavy atom. The monoisotopic (exact) mass is 467 g/mol. The first-order valence-corrected chi connectivity index (χ1v) is 12.7. The molecule has 32 heavy (non-hydrogen) atoms. The first-order chi connectivity index (χ1) is 15.0. The maximum Gasteiger partial charge on any atom is 0.257 e. The van der Waals surface area contributed by atoms with Crippen LogP contribution in [0.1, 0.15) is 37.0 Å². The van der Waals surface area contributed by atoms with Gasteiger partial charge in [-0.1, -0.05) is 6.92 Å². The number of nitrogens with zero attached hydrogens (tertiary/aromatic N) is 2. The van der Waals surface area contributed by atoms with Crippen molar-refractivity contribution in [1.29, 1.82) is 0 Å². The van der Waals surface area contributed by atoms with E-state index in [1.165, 1.54) is 11.0 Å². The molecule has 1 aromatic carbocycles. The van der Waals surface area contributed by atoms with Gasteiger partial charge < -0.3 is 19.3 Å². The van der Waals surface area contributed by atoms with Gasteiger partial charge in [-0.3, -0.25) is 14.3 Å². The number of amides is 2. The number of ether oxygens (including phenoxy) is 2. The molecule has 0 saturated heterocycles. The summed E-state index contributed by atoms with van der Waals surface area (Å²) in [6.45, 7) is 5.00. The fraction of sp³-hybridized carbons (Fsp3) is 0.636. The first-order valence-electron chi connectivity index (χ1n) is 10.8. The second-order valence-electron chi connectivity index (χ2n) is 8.95. The van der Waals surface area contributed by atoms with Crippen molar-refractivity contribution in [3.05, 3.63) is 23.8 Å². The maximum absolute atomic E-state index is 13.2. The Morgan fingerprint density at radius 2 is 1.91 bits per heavy atom. The van der Waals surface area contributed by atoms with E-state index in [1.807, 2.05) is 18.7 Å². The molecule has 1 heterocycles. The fourth-order valence-corrected chi connectivity index (χ4v) is 4.48. The smallest absolute Gasteiger partial charge is 0.257 e. The van der Waals surface area contributed by atoms with E-state index in [2.05, 4.69) is 4.72 Å². The van der Waals surface area contributed by atoms with Crippen LogP contribution in [0.3, 0.4) is 0 Å². The molecule has 1 saturated carbocycles. The van der Waals surface area contributed by atoms with Crippen molar-refractivity contribution in [3.63, 3.8) is 0 Å². The summed E-state index contributed by atoms with van der Waals surface area (Å²) in [6.07, 6.45) is 2.61. The molecule has 1 aliphatic carbocycles. The van der Waals surface area contributed by atoms with E-state index in [0.29, 0.717) is 18.8 Å². The van der Waals surface area contributed by atoms with Gasteiger partial charge in [-0.25, -0.2) is 8.42 Å². The highest BCUT2D eigenvalue weighted by molar-refractivity contribution is 7.92. The predicted molar refractivity (Wildman–Crippen MR) is 121 cm³/mol. The molecule has 2 amide bonds. The highest BCUT2D eigenvalue weighted by Gasteiger charge is 2.37. The van der Waals surface area contributed by atoms with Gasteiger partial charge >= 0.3 is 0 Å². The van der Waals surface area contributed by atoms with E-state index in [-0.39, 0.29) is 53.7 Å². The number of anilines is 1. The zero-order valence-electron chi connectivity index (χ0n) is 19.3. The van der Waals surface area contributed by atoms with Crippen molar-refractivity contribution in [2.75, 3.05) is 44.8 Å². The zero-order valence-corrected chi connectivity index (χ0v) is 20.1. The van der Waals surface area contributed by atoms with E-state index in [9.17, 15) is 18.0 Å². The molecule has 3 rings (SSSR count). The summed E-state index contributed by atoms with van der Waals surface area (Å²) in [5.41, 5.74) is 0.524. The van der Waals surface area contributed by atoms with Gasteiger partial charge in [-0.05, 0) is 38.0 Å². The SMILES string of the molecule is CO[C@H]1CN(C)C(=O)c2cc(NS(C)(=O)=O)ccc2OC[C@@H](C)N(C(=O)C2CC2)C[C@@H]1C. The summed E-state index contributed by atoms with van der Waals surface area (Å²) in [5.74, 6) is 0.258. The number of nitrogens with one attached hydrogen (secondary N) is 1. The third-order valence-corrected chi connectivity index (χ3v) is 6.56. The normalized spacial score (nSPS) is 25.3. The fourth-order valence-electron chi connectivity index (χ4n) is 3.93. The van der Waals surface area contributed by atoms with Gasteiger partial charge in [0.25, 0.3) is 5.91 Å². The van der Waals surface area contributed by atoms with E-state index in [0.717, 1.165) is 19.1 Å². The number of carbonyl (C=O) groups excluding carboxylic acids is 2. The van der Waals surface area contributed by atoms with E-state index >= 15 is 0 Å². The standard InChI is InChI=1S/C22H33N3O6S/c1-14-11-25(21(26)16-6-7-16)15(2)13-31-19-9-8-17(23-32(5,28)29)10-18(19)22(27)24(3)12-20(14)30-4/h8-10,14-16,20,23H,6-7,11-13H2,1-5H3/t14-,15+,20-/m0/s1. The number of carbonyl (C=O) groups is 2. The summed E-state index contributed by atoms with van der Waals surface area (Å²) in [7, 11) is -0.229. The van der Waals surface area contributed by atoms with Gasteiger partial charge in [0.05, 0.1) is 24.0 Å². The van der Waals surface area contributed by atoms with Crippen molar-refractivity contribution < 1.29 is 27.5 Å². The highest BCUT2D eigenvalue weighted by Crippen LogP contribution is 2.33. The van der Waals surface area contributed by atoms with Gasteiger partial charge in [-0.2, -0.15) is 0 Å². The van der Waals surface area contributed by atoms with E-state index in [4.69, 9.17) is 9.47 Å². The Labute approximate surface area is 190 Å². The molecule has 10 heteroatoms. The second-order valence-corrected chi connectivity index (χ2v) is 10.7. The summed E-state index contributed by atoms with van der Waals surface area (Å²) >= 11 is 0. The van der Waals surface area contributed by atoms with Crippen LogP contribution in [0.2, 0.25) is 0 Å². The minimum Gasteiger partial charge on any atom is -0.491 e. The quantitative estimate of drug-likeness (QED) is 0.724. The Bertz CT molecular complexity index is 962. The molecule has 3 atom stereocenters. The Hall–Kier alpha value is -2.33. The highest BCUT2D eigenvalue weighted by atomic mass is 32.2. The van der Waals surface area contributed by atoms with Crippen LogP contribution >= 0.6 is 0 Å². The second kappa shape index (κ2) is 9.66. The minimum atomic E-state index is -3.50. The molecule has 1 N–H and O–H groups in total. The van der Waals surface area contributed by atoms with Crippen molar-refractivity contribution in [3.8, 4) is 5.75 Å². The van der Waals surface area contributed by atoms with Crippen LogP contribution in [-0.2, 0) is 19.6 Å². The Balaban J connectivity index is 1.97. The van der Waals surface area contributed by atoms with Gasteiger partial charge in [0.2, 0.25) is 15.9 Å². The molecule has 9 nitrogen and oxygen atoms in total. The molecule has 2 aliphatic rings. The number of likely N-dealkylation sites (N-methyl/N-ethyl adjacent to an activating group) is 1. The van der Waals surface area contributed by atoms with Gasteiger partial charge in [0.1, 0.15) is 12.4 Å². The number of hydrogen-bond acceptors (Lipinski definition) is 6. The third-order valence-electron chi connectivity index (χ3n) is 5.96. The van der Waals surface area contributed by atoms with E-state index in [1.54, 1.807) is 26.3 Å². The molecule has 0 unspecified atom stereocenters. The first kappa shape index (κ1) is 24.3. The summed E-state index contributed by atoms with van der Waals surface area (Å²) in [6, 6.07) is 4.41. The van der Waals surface area contributed by atoms with Gasteiger partial charge in [-0.15, -0.1) is 0 Å². The topological polar surface area (TPSA) is 105 Å². The number of methoxy groups -OCH3 is 1. The number of hydrogen-bond donors (Lipinski definition) is 1. The number of benzene rings is 1. The summed E-state index contributed by atoms with van der Waals surface area (Å²) in [4.78, 5) is 29.6. The lowest BCUT2D eigenvalue weighted by atomic mass is 10.0. The van der Waals surface area contributed by atoms with Crippen molar-refractivity contribution in [2.24, 2.45) is 11.8 Å². The molecular formula is C22H33N3O6S. The molecule has 1 fully saturated rings. The van der Waals surface area contributed by atoms with Crippen molar-refractivity contribution in [2.45, 2.75) is 38.8 Å². The Kier molecular flexibility index (Phi) is 7.34. The average molecular weight is 468 g/mol. The lowest BCUT2D eigenvalue weighted by Gasteiger charge is -2.36. The number of rotatable bonds is 4. The van der Waals surface area contributed by atoms with Crippen LogP contribution in [0.15, 0.2) is 18.2 Å². The molecule has 178 valence electrons. The molecule has 1 aliphatic heterocycles. The minimum absolute atomic E-state index is 0.00228. The lowest BCUT2D eigenvalue weighted by molar-refractivity contribution is -0.136. The van der Waals surface area contributed by atoms with Crippen LogP contribution in [0.5, 0.6) is 5.75 Å². The third kappa shape index (κ3) is 5.92. The summed E-state index contributed by atoms with van der Waals surface area (Å²) in [5, 5.41) is 0. The Morgan fingerprint density at radius 1 is 1.22 bits per heavy atom.